The summed E-state index contributed by atoms with van der Waals surface area (Å²) in [4.78, 5) is 26.4. The smallest absolute Gasteiger partial charge is 0.233 e. The fourth-order valence-corrected chi connectivity index (χ4v) is 5.59. The van der Waals surface area contributed by atoms with Gasteiger partial charge in [-0.15, -0.1) is 0 Å². The highest BCUT2D eigenvalue weighted by molar-refractivity contribution is 5.92. The van der Waals surface area contributed by atoms with Crippen molar-refractivity contribution in [1.82, 2.24) is 15.1 Å². The summed E-state index contributed by atoms with van der Waals surface area (Å²) < 4.78 is 7.59. The number of anilines is 1. The Balaban J connectivity index is 1.28. The minimum atomic E-state index is -0.702. The SMILES string of the molecule is Cn1nccc1C(CC(=O)Nc1cccc(C2(C(=O)NCC3(C)CCC3)CCOC2)c1)C1CC1. The van der Waals surface area contributed by atoms with Crippen LogP contribution in [0.1, 0.15) is 69.0 Å². The molecule has 2 N–H and O–H groups in total. The molecule has 34 heavy (non-hydrogen) atoms. The van der Waals surface area contributed by atoms with Crippen molar-refractivity contribution in [1.29, 1.82) is 0 Å². The van der Waals surface area contributed by atoms with Gasteiger partial charge >= 0.3 is 0 Å². The van der Waals surface area contributed by atoms with E-state index >= 15 is 0 Å². The fraction of sp³-hybridized carbons (Fsp3) is 0.593. The summed E-state index contributed by atoms with van der Waals surface area (Å²) >= 11 is 0. The quantitative estimate of drug-likeness (QED) is 0.589. The lowest BCUT2D eigenvalue weighted by atomic mass is 9.70. The molecule has 2 heterocycles. The van der Waals surface area contributed by atoms with Crippen LogP contribution in [0, 0.1) is 11.3 Å². The summed E-state index contributed by atoms with van der Waals surface area (Å²) in [7, 11) is 1.94. The molecule has 2 atom stereocenters. The average Bonchev–Trinajstić information content (AvgIpc) is 3.36. The molecule has 0 radical (unpaired) electrons. The van der Waals surface area contributed by atoms with Crippen molar-refractivity contribution in [2.45, 2.75) is 63.2 Å². The van der Waals surface area contributed by atoms with Crippen LogP contribution in [0.25, 0.3) is 0 Å². The van der Waals surface area contributed by atoms with Crippen molar-refractivity contribution >= 4 is 17.5 Å². The molecule has 3 aliphatic rings. The lowest BCUT2D eigenvalue weighted by Crippen LogP contribution is -2.49. The molecular weight excluding hydrogens is 428 g/mol. The number of carbonyl (C=O) groups excluding carboxylic acids is 2. The third-order valence-corrected chi connectivity index (χ3v) is 8.23. The Hall–Kier alpha value is -2.67. The van der Waals surface area contributed by atoms with Crippen LogP contribution in [0.4, 0.5) is 5.69 Å². The summed E-state index contributed by atoms with van der Waals surface area (Å²) in [6, 6.07) is 9.77. The number of ether oxygens (including phenoxy) is 1. The van der Waals surface area contributed by atoms with Crippen LogP contribution >= 0.6 is 0 Å². The second kappa shape index (κ2) is 9.17. The van der Waals surface area contributed by atoms with Crippen molar-refractivity contribution in [3.8, 4) is 0 Å². The van der Waals surface area contributed by atoms with E-state index in [0.717, 1.165) is 29.8 Å². The molecule has 0 bridgehead atoms. The molecule has 1 aromatic heterocycles. The molecule has 2 saturated carbocycles. The summed E-state index contributed by atoms with van der Waals surface area (Å²) in [5, 5.41) is 10.6. The summed E-state index contributed by atoms with van der Waals surface area (Å²) in [6.45, 7) is 3.89. The monoisotopic (exact) mass is 464 g/mol. The van der Waals surface area contributed by atoms with E-state index in [-0.39, 0.29) is 23.1 Å². The minimum absolute atomic E-state index is 0.00525. The van der Waals surface area contributed by atoms with Gasteiger partial charge in [0.15, 0.2) is 0 Å². The molecule has 2 unspecified atom stereocenters. The van der Waals surface area contributed by atoms with E-state index in [1.807, 2.05) is 42.1 Å². The van der Waals surface area contributed by atoms with Crippen LogP contribution in [0.3, 0.4) is 0 Å². The Morgan fingerprint density at radius 2 is 2.06 bits per heavy atom. The average molecular weight is 465 g/mol. The predicted molar refractivity (Wildman–Crippen MR) is 130 cm³/mol. The minimum Gasteiger partial charge on any atom is -0.380 e. The molecule has 1 aliphatic heterocycles. The van der Waals surface area contributed by atoms with Gasteiger partial charge in [0.05, 0.1) is 12.0 Å². The first-order valence-electron chi connectivity index (χ1n) is 12.6. The van der Waals surface area contributed by atoms with Crippen LogP contribution in [-0.2, 0) is 26.8 Å². The van der Waals surface area contributed by atoms with E-state index in [9.17, 15) is 9.59 Å². The molecule has 1 saturated heterocycles. The first kappa shape index (κ1) is 23.1. The summed E-state index contributed by atoms with van der Waals surface area (Å²) in [5.41, 5.74) is 2.27. The maximum Gasteiger partial charge on any atom is 0.233 e. The van der Waals surface area contributed by atoms with Gasteiger partial charge in [0.25, 0.3) is 0 Å². The standard InChI is InChI=1S/C27H36N4O3/c1-26(10-4-11-26)17-28-25(33)27(12-14-34-18-27)20-5-3-6-21(15-20)30-24(32)16-22(19-7-8-19)23-9-13-29-31(23)2/h3,5-6,9,13,15,19,22H,4,7-8,10-12,14,16-18H2,1-2H3,(H,28,33)(H,30,32). The van der Waals surface area contributed by atoms with Gasteiger partial charge in [0.1, 0.15) is 0 Å². The molecule has 7 nitrogen and oxygen atoms in total. The highest BCUT2D eigenvalue weighted by atomic mass is 16.5. The number of nitrogens with zero attached hydrogens (tertiary/aromatic N) is 2. The molecule has 2 aromatic rings. The highest BCUT2D eigenvalue weighted by Crippen LogP contribution is 2.44. The summed E-state index contributed by atoms with van der Waals surface area (Å²) in [6.07, 6.45) is 8.78. The van der Waals surface area contributed by atoms with Gasteiger partial charge in [-0.3, -0.25) is 14.3 Å². The molecule has 182 valence electrons. The predicted octanol–water partition coefficient (Wildman–Crippen LogP) is 3.91. The third kappa shape index (κ3) is 4.63. The Morgan fingerprint density at radius 1 is 1.24 bits per heavy atom. The summed E-state index contributed by atoms with van der Waals surface area (Å²) in [5.74, 6) is 0.762. The van der Waals surface area contributed by atoms with Gasteiger partial charge in [-0.25, -0.2) is 0 Å². The maximum absolute atomic E-state index is 13.4. The number of nitrogens with one attached hydrogen (secondary N) is 2. The first-order valence-corrected chi connectivity index (χ1v) is 12.6. The zero-order valence-electron chi connectivity index (χ0n) is 20.3. The van der Waals surface area contributed by atoms with E-state index < -0.39 is 5.41 Å². The van der Waals surface area contributed by atoms with Crippen molar-refractivity contribution in [2.24, 2.45) is 18.4 Å². The second-order valence-corrected chi connectivity index (χ2v) is 10.9. The number of amides is 2. The number of aryl methyl sites for hydroxylation is 1. The van der Waals surface area contributed by atoms with E-state index in [2.05, 4.69) is 22.7 Å². The van der Waals surface area contributed by atoms with Gasteiger partial charge in [0, 0.05) is 50.1 Å². The molecule has 2 amide bonds. The van der Waals surface area contributed by atoms with Gasteiger partial charge in [-0.1, -0.05) is 25.5 Å². The van der Waals surface area contributed by atoms with Crippen molar-refractivity contribution < 1.29 is 14.3 Å². The zero-order valence-corrected chi connectivity index (χ0v) is 20.3. The number of hydrogen-bond donors (Lipinski definition) is 2. The Labute approximate surface area is 201 Å². The lowest BCUT2D eigenvalue weighted by Gasteiger charge is -2.39. The Kier molecular flexibility index (Phi) is 6.23. The molecule has 2 aliphatic carbocycles. The van der Waals surface area contributed by atoms with Crippen LogP contribution in [0.15, 0.2) is 36.5 Å². The third-order valence-electron chi connectivity index (χ3n) is 8.23. The second-order valence-electron chi connectivity index (χ2n) is 10.9. The van der Waals surface area contributed by atoms with E-state index in [0.29, 0.717) is 38.5 Å². The largest absolute Gasteiger partial charge is 0.380 e. The van der Waals surface area contributed by atoms with Gasteiger partial charge in [-0.2, -0.15) is 5.10 Å². The zero-order chi connectivity index (χ0) is 23.8. The number of carbonyl (C=O) groups is 2. The maximum atomic E-state index is 13.4. The van der Waals surface area contributed by atoms with Gasteiger partial charge < -0.3 is 15.4 Å². The van der Waals surface area contributed by atoms with Crippen LogP contribution in [-0.4, -0.2) is 41.4 Å². The van der Waals surface area contributed by atoms with Crippen LogP contribution in [0.2, 0.25) is 0 Å². The molecule has 7 heteroatoms. The molecule has 3 fully saturated rings. The molecule has 0 spiro atoms. The van der Waals surface area contributed by atoms with Crippen LogP contribution < -0.4 is 10.6 Å². The number of aromatic nitrogens is 2. The Bertz CT molecular complexity index is 1050. The lowest BCUT2D eigenvalue weighted by molar-refractivity contribution is -0.127. The topological polar surface area (TPSA) is 85.2 Å². The van der Waals surface area contributed by atoms with E-state index in [1.54, 1.807) is 6.20 Å². The Morgan fingerprint density at radius 3 is 2.68 bits per heavy atom. The van der Waals surface area contributed by atoms with E-state index in [1.165, 1.54) is 19.3 Å². The van der Waals surface area contributed by atoms with Crippen LogP contribution in [0.5, 0.6) is 0 Å². The first-order chi connectivity index (χ1) is 16.4. The van der Waals surface area contributed by atoms with E-state index in [4.69, 9.17) is 4.74 Å². The highest BCUT2D eigenvalue weighted by Gasteiger charge is 2.45. The molecular formula is C27H36N4O3. The number of hydrogen-bond acceptors (Lipinski definition) is 4. The van der Waals surface area contributed by atoms with Crippen molar-refractivity contribution in [2.75, 3.05) is 25.1 Å². The molecule has 5 rings (SSSR count). The number of benzene rings is 1. The normalized spacial score (nSPS) is 24.3. The fourth-order valence-electron chi connectivity index (χ4n) is 5.59. The van der Waals surface area contributed by atoms with Gasteiger partial charge in [0.2, 0.25) is 11.8 Å². The van der Waals surface area contributed by atoms with Crippen molar-refractivity contribution in [3.63, 3.8) is 0 Å². The van der Waals surface area contributed by atoms with Crippen molar-refractivity contribution in [3.05, 3.63) is 47.8 Å². The molecule has 1 aromatic carbocycles. The number of rotatable bonds is 9. The van der Waals surface area contributed by atoms with Gasteiger partial charge in [-0.05, 0) is 67.2 Å².